The quantitative estimate of drug-likeness (QED) is 0.791. The number of alkyl halides is 1. The van der Waals surface area contributed by atoms with E-state index >= 15 is 4.39 Å². The molecule has 2 saturated heterocycles. The number of rotatable bonds is 3. The van der Waals surface area contributed by atoms with Gasteiger partial charge >= 0.3 is 8.25 Å². The van der Waals surface area contributed by atoms with E-state index < -0.39 is 32.4 Å². The minimum absolute atomic E-state index is 0.00752. The summed E-state index contributed by atoms with van der Waals surface area (Å²) in [4.78, 5) is 12.3. The van der Waals surface area contributed by atoms with Crippen molar-refractivity contribution in [1.82, 2.24) is 19.5 Å². The Morgan fingerprint density at radius 2 is 2.36 bits per heavy atom. The van der Waals surface area contributed by atoms with E-state index in [1.165, 1.54) is 17.8 Å². The highest BCUT2D eigenvalue weighted by molar-refractivity contribution is 7.33. The molecule has 4 heterocycles. The monoisotopic (exact) mass is 373 g/mol. The van der Waals surface area contributed by atoms with Gasteiger partial charge in [-0.25, -0.2) is 9.37 Å². The maximum atomic E-state index is 15.4. The Labute approximate surface area is 142 Å². The molecular formula is C13H17FN5O5P. The first kappa shape index (κ1) is 16.6. The minimum Gasteiger partial charge on any atom is -0.476 e. The summed E-state index contributed by atoms with van der Waals surface area (Å²) in [6, 6.07) is 0. The Bertz CT molecular complexity index is 846. The van der Waals surface area contributed by atoms with Crippen LogP contribution >= 0.6 is 8.25 Å². The number of hydrogen-bond acceptors (Lipinski definition) is 9. The predicted molar refractivity (Wildman–Crippen MR) is 84.2 cm³/mol. The number of hydrogen-bond donors (Lipinski definition) is 1. The lowest BCUT2D eigenvalue weighted by molar-refractivity contribution is -0.0576. The SMILES string of the molecule is CCOc1nc(N)nc2c1ncn2[C@@H]1O[C@@H]2CO[PH](=O)O[C@H]2[C@@]1(C)F. The Hall–Kier alpha value is -1.81. The first-order chi connectivity index (χ1) is 11.9. The van der Waals surface area contributed by atoms with Gasteiger partial charge in [-0.15, -0.1) is 0 Å². The van der Waals surface area contributed by atoms with Gasteiger partial charge in [0.05, 0.1) is 19.5 Å². The van der Waals surface area contributed by atoms with Crippen LogP contribution in [0.4, 0.5) is 10.3 Å². The molecule has 25 heavy (non-hydrogen) atoms. The van der Waals surface area contributed by atoms with E-state index in [-0.39, 0.29) is 24.1 Å². The van der Waals surface area contributed by atoms with E-state index in [2.05, 4.69) is 15.0 Å². The second-order valence-corrected chi connectivity index (χ2v) is 6.95. The maximum Gasteiger partial charge on any atom is 0.319 e. The number of nitrogens with zero attached hydrogens (tertiary/aromatic N) is 4. The highest BCUT2D eigenvalue weighted by Crippen LogP contribution is 2.50. The van der Waals surface area contributed by atoms with Gasteiger partial charge in [-0.05, 0) is 13.8 Å². The van der Waals surface area contributed by atoms with Crippen LogP contribution in [0.25, 0.3) is 11.2 Å². The molecule has 1 unspecified atom stereocenters. The Kier molecular flexibility index (Phi) is 3.91. The molecule has 0 radical (unpaired) electrons. The Morgan fingerprint density at radius 3 is 3.12 bits per heavy atom. The van der Waals surface area contributed by atoms with E-state index in [0.29, 0.717) is 12.1 Å². The smallest absolute Gasteiger partial charge is 0.319 e. The van der Waals surface area contributed by atoms with Crippen LogP contribution in [0.2, 0.25) is 0 Å². The van der Waals surface area contributed by atoms with Gasteiger partial charge in [0.1, 0.15) is 12.2 Å². The summed E-state index contributed by atoms with van der Waals surface area (Å²) in [6.07, 6.45) is -1.43. The lowest BCUT2D eigenvalue weighted by Gasteiger charge is -2.29. The van der Waals surface area contributed by atoms with Gasteiger partial charge in [0.15, 0.2) is 23.1 Å². The molecule has 0 bridgehead atoms. The highest BCUT2D eigenvalue weighted by Gasteiger charge is 2.59. The van der Waals surface area contributed by atoms with Crippen LogP contribution in [0, 0.1) is 0 Å². The van der Waals surface area contributed by atoms with Crippen molar-refractivity contribution in [3.05, 3.63) is 6.33 Å². The fraction of sp³-hybridized carbons (Fsp3) is 0.615. The van der Waals surface area contributed by atoms with Crippen LogP contribution in [-0.4, -0.2) is 50.6 Å². The van der Waals surface area contributed by atoms with E-state index in [1.807, 2.05) is 0 Å². The molecule has 2 aromatic heterocycles. The molecule has 2 aliphatic heterocycles. The van der Waals surface area contributed by atoms with E-state index in [0.717, 1.165) is 0 Å². The summed E-state index contributed by atoms with van der Waals surface area (Å²) in [6.45, 7) is 3.47. The molecule has 0 spiro atoms. The number of aromatic nitrogens is 4. The topological polar surface area (TPSA) is 124 Å². The lowest BCUT2D eigenvalue weighted by atomic mass is 9.98. The fourth-order valence-electron chi connectivity index (χ4n) is 3.13. The number of imidazole rings is 1. The van der Waals surface area contributed by atoms with E-state index in [9.17, 15) is 4.57 Å². The van der Waals surface area contributed by atoms with Gasteiger partial charge in [-0.3, -0.25) is 9.13 Å². The second kappa shape index (κ2) is 5.87. The molecule has 4 rings (SSSR count). The van der Waals surface area contributed by atoms with Crippen molar-refractivity contribution in [3.8, 4) is 5.88 Å². The number of ether oxygens (including phenoxy) is 2. The molecule has 2 N–H and O–H groups in total. The van der Waals surface area contributed by atoms with Gasteiger partial charge in [0, 0.05) is 0 Å². The zero-order valence-electron chi connectivity index (χ0n) is 13.5. The molecule has 2 fully saturated rings. The van der Waals surface area contributed by atoms with Crippen molar-refractivity contribution in [2.24, 2.45) is 0 Å². The predicted octanol–water partition coefficient (Wildman–Crippen LogP) is 1.24. The molecule has 0 aromatic carbocycles. The van der Waals surface area contributed by atoms with Gasteiger partial charge in [-0.1, -0.05) is 0 Å². The van der Waals surface area contributed by atoms with Crippen LogP contribution in [0.1, 0.15) is 20.1 Å². The summed E-state index contributed by atoms with van der Waals surface area (Å²) < 4.78 is 49.6. The Balaban J connectivity index is 1.78. The second-order valence-electron chi connectivity index (χ2n) is 5.92. The molecular weight excluding hydrogens is 356 g/mol. The van der Waals surface area contributed by atoms with Crippen molar-refractivity contribution < 1.29 is 27.5 Å². The normalized spacial score (nSPS) is 35.0. The average Bonchev–Trinajstić information content (AvgIpc) is 3.07. The van der Waals surface area contributed by atoms with Crippen LogP contribution < -0.4 is 10.5 Å². The number of halogens is 1. The van der Waals surface area contributed by atoms with E-state index in [4.69, 9.17) is 24.3 Å². The van der Waals surface area contributed by atoms with Crippen LogP contribution in [0.5, 0.6) is 5.88 Å². The van der Waals surface area contributed by atoms with Gasteiger partial charge in [0.2, 0.25) is 11.8 Å². The van der Waals surface area contributed by atoms with Crippen molar-refractivity contribution in [2.75, 3.05) is 18.9 Å². The molecule has 136 valence electrons. The molecule has 0 saturated carbocycles. The summed E-state index contributed by atoms with van der Waals surface area (Å²) in [5, 5.41) is 0. The number of nitrogens with two attached hydrogens (primary N) is 1. The summed E-state index contributed by atoms with van der Waals surface area (Å²) in [7, 11) is -2.73. The summed E-state index contributed by atoms with van der Waals surface area (Å²) in [5.74, 6) is 0.183. The zero-order valence-corrected chi connectivity index (χ0v) is 14.5. The largest absolute Gasteiger partial charge is 0.476 e. The van der Waals surface area contributed by atoms with Gasteiger partial charge < -0.3 is 24.3 Å². The van der Waals surface area contributed by atoms with Crippen molar-refractivity contribution in [2.45, 2.75) is 38.0 Å². The first-order valence-corrected chi connectivity index (χ1v) is 8.95. The van der Waals surface area contributed by atoms with Crippen LogP contribution in [-0.2, 0) is 18.3 Å². The number of fused-ring (bicyclic) bond motifs is 2. The van der Waals surface area contributed by atoms with Crippen molar-refractivity contribution in [3.63, 3.8) is 0 Å². The lowest BCUT2D eigenvalue weighted by Crippen LogP contribution is -2.43. The third-order valence-electron chi connectivity index (χ3n) is 4.21. The number of anilines is 1. The van der Waals surface area contributed by atoms with Crippen LogP contribution in [0.15, 0.2) is 6.33 Å². The van der Waals surface area contributed by atoms with E-state index in [1.54, 1.807) is 6.92 Å². The maximum absolute atomic E-state index is 15.4. The third-order valence-corrected chi connectivity index (χ3v) is 5.06. The fourth-order valence-corrected chi connectivity index (χ4v) is 4.09. The van der Waals surface area contributed by atoms with Gasteiger partial charge in [0.25, 0.3) is 0 Å². The minimum atomic E-state index is -2.73. The summed E-state index contributed by atoms with van der Waals surface area (Å²) in [5.41, 5.74) is 4.36. The first-order valence-electron chi connectivity index (χ1n) is 7.72. The molecule has 0 amide bonds. The van der Waals surface area contributed by atoms with Crippen LogP contribution in [0.3, 0.4) is 0 Å². The van der Waals surface area contributed by atoms with Crippen molar-refractivity contribution in [1.29, 1.82) is 0 Å². The van der Waals surface area contributed by atoms with Crippen molar-refractivity contribution >= 4 is 25.4 Å². The molecule has 0 aliphatic carbocycles. The van der Waals surface area contributed by atoms with Gasteiger partial charge in [-0.2, -0.15) is 9.97 Å². The molecule has 2 aliphatic rings. The number of nitrogen functional groups attached to an aromatic ring is 1. The molecule has 12 heteroatoms. The molecule has 10 nitrogen and oxygen atoms in total. The standard InChI is InChI=1S/C13H17FN5O5P/c1-3-21-10-7-9(17-12(15)18-10)19(5-16-7)11-13(2,14)8-6(23-11)4-22-25(20)24-8/h5-6,8,11,25H,3-4H2,1-2H3,(H2,15,17,18)/t6-,8-,11-,13-/m1/s1. The highest BCUT2D eigenvalue weighted by atomic mass is 31.1. The Morgan fingerprint density at radius 1 is 1.56 bits per heavy atom. The summed E-state index contributed by atoms with van der Waals surface area (Å²) >= 11 is 0. The molecule has 2 aromatic rings. The molecule has 5 atom stereocenters. The average molecular weight is 373 g/mol. The zero-order chi connectivity index (χ0) is 17.8. The third kappa shape index (κ3) is 2.58.